The van der Waals surface area contributed by atoms with E-state index in [1.807, 2.05) is 0 Å². The van der Waals surface area contributed by atoms with Gasteiger partial charge < -0.3 is 15.4 Å². The summed E-state index contributed by atoms with van der Waals surface area (Å²) in [6, 6.07) is 4.15. The van der Waals surface area contributed by atoms with Crippen LogP contribution < -0.4 is 5.73 Å². The van der Waals surface area contributed by atoms with Crippen molar-refractivity contribution in [3.05, 3.63) is 30.2 Å². The van der Waals surface area contributed by atoms with Crippen molar-refractivity contribution < 1.29 is 14.0 Å². The number of hydrogen-bond acceptors (Lipinski definition) is 4. The quantitative estimate of drug-likeness (QED) is 0.725. The minimum atomic E-state index is -0.705. The molecule has 2 rings (SSSR count). The van der Waals surface area contributed by atoms with Gasteiger partial charge in [0.25, 0.3) is 0 Å². The Morgan fingerprint density at radius 2 is 2.14 bits per heavy atom. The number of benzene rings is 1. The number of hydrogen-bond donors (Lipinski definition) is 2. The molecule has 1 heterocycles. The van der Waals surface area contributed by atoms with Crippen LogP contribution in [0.3, 0.4) is 0 Å². The Kier molecular flexibility index (Phi) is 1.85. The van der Waals surface area contributed by atoms with Crippen LogP contribution in [0.25, 0.3) is 11.1 Å². The van der Waals surface area contributed by atoms with Gasteiger partial charge in [-0.2, -0.15) is 0 Å². The molecule has 72 valence electrons. The summed E-state index contributed by atoms with van der Waals surface area (Å²) in [6.45, 7) is 0. The molecule has 2 aromatic rings. The number of phenols is 1. The molecule has 3 N–H and O–H groups in total. The number of aromatic hydroxyl groups is 1. The summed E-state index contributed by atoms with van der Waals surface area (Å²) in [5.74, 6) is -1.11. The number of nitrogens with two attached hydrogens (primary N) is 1. The van der Waals surface area contributed by atoms with Crippen LogP contribution in [-0.4, -0.2) is 10.3 Å². The van der Waals surface area contributed by atoms with Crippen LogP contribution in [0.1, 0.15) is 0 Å². The minimum Gasteiger partial charge on any atom is -0.504 e. The predicted molar refractivity (Wildman–Crippen MR) is 48.0 cm³/mol. The molecule has 0 saturated carbocycles. The third kappa shape index (κ3) is 1.19. The van der Waals surface area contributed by atoms with Crippen LogP contribution in [0.15, 0.2) is 28.9 Å². The van der Waals surface area contributed by atoms with Crippen molar-refractivity contribution in [3.63, 3.8) is 0 Å². The van der Waals surface area contributed by atoms with Crippen molar-refractivity contribution in [2.75, 3.05) is 5.73 Å². The molecule has 0 saturated heterocycles. The molecule has 0 atom stereocenters. The van der Waals surface area contributed by atoms with Gasteiger partial charge in [0.15, 0.2) is 11.6 Å². The van der Waals surface area contributed by atoms with Crippen LogP contribution in [0.4, 0.5) is 10.3 Å². The molecule has 0 amide bonds. The molecule has 1 aromatic heterocycles. The largest absolute Gasteiger partial charge is 0.504 e. The standard InChI is InChI=1S/C9H7FN2O2/c10-7-3-1-2-5(8(7)13)6-4-12-14-9(6)11/h1-4,13H,11H2. The van der Waals surface area contributed by atoms with E-state index in [4.69, 9.17) is 5.73 Å². The summed E-state index contributed by atoms with van der Waals surface area (Å²) in [5.41, 5.74) is 6.07. The molecule has 5 heteroatoms. The van der Waals surface area contributed by atoms with E-state index in [1.165, 1.54) is 18.3 Å². The Bertz CT molecular complexity index is 468. The molecule has 4 nitrogen and oxygen atoms in total. The minimum absolute atomic E-state index is 0.0471. The van der Waals surface area contributed by atoms with Gasteiger partial charge in [-0.15, -0.1) is 0 Å². The Morgan fingerprint density at radius 1 is 1.36 bits per heavy atom. The van der Waals surface area contributed by atoms with E-state index < -0.39 is 11.6 Å². The van der Waals surface area contributed by atoms with Crippen molar-refractivity contribution in [1.29, 1.82) is 0 Å². The summed E-state index contributed by atoms with van der Waals surface area (Å²) in [4.78, 5) is 0. The van der Waals surface area contributed by atoms with E-state index >= 15 is 0 Å². The summed E-state index contributed by atoms with van der Waals surface area (Å²) in [6.07, 6.45) is 1.32. The fourth-order valence-corrected chi connectivity index (χ4v) is 1.18. The number of rotatable bonds is 1. The molecule has 0 aliphatic heterocycles. The normalized spacial score (nSPS) is 10.4. The highest BCUT2D eigenvalue weighted by Gasteiger charge is 2.13. The van der Waals surface area contributed by atoms with Gasteiger partial charge >= 0.3 is 0 Å². The highest BCUT2D eigenvalue weighted by atomic mass is 19.1. The molecule has 0 bridgehead atoms. The third-order valence-electron chi connectivity index (χ3n) is 1.88. The zero-order valence-electron chi connectivity index (χ0n) is 7.07. The Hall–Kier alpha value is -2.04. The monoisotopic (exact) mass is 194 g/mol. The molecule has 0 aliphatic rings. The third-order valence-corrected chi connectivity index (χ3v) is 1.88. The highest BCUT2D eigenvalue weighted by Crippen LogP contribution is 2.34. The molecular formula is C9H7FN2O2. The number of nitrogens with zero attached hydrogens (tertiary/aromatic N) is 1. The van der Waals surface area contributed by atoms with E-state index in [0.717, 1.165) is 6.07 Å². The number of aromatic nitrogens is 1. The van der Waals surface area contributed by atoms with Gasteiger partial charge in [-0.05, 0) is 6.07 Å². The Balaban J connectivity index is 2.63. The van der Waals surface area contributed by atoms with Crippen LogP contribution >= 0.6 is 0 Å². The summed E-state index contributed by atoms with van der Waals surface area (Å²) in [5, 5.41) is 12.8. The van der Waals surface area contributed by atoms with Crippen molar-refractivity contribution in [2.24, 2.45) is 0 Å². The van der Waals surface area contributed by atoms with Gasteiger partial charge in [0.2, 0.25) is 5.88 Å². The average molecular weight is 194 g/mol. The van der Waals surface area contributed by atoms with Crippen molar-refractivity contribution >= 4 is 5.88 Å². The molecule has 14 heavy (non-hydrogen) atoms. The Morgan fingerprint density at radius 3 is 2.79 bits per heavy atom. The molecular weight excluding hydrogens is 187 g/mol. The first kappa shape index (κ1) is 8.55. The fraction of sp³-hybridized carbons (Fsp3) is 0. The number of anilines is 1. The first-order valence-electron chi connectivity index (χ1n) is 3.88. The van der Waals surface area contributed by atoms with Crippen LogP contribution in [0, 0.1) is 5.82 Å². The van der Waals surface area contributed by atoms with E-state index in [1.54, 1.807) is 0 Å². The lowest BCUT2D eigenvalue weighted by Gasteiger charge is -2.01. The van der Waals surface area contributed by atoms with Gasteiger partial charge in [-0.25, -0.2) is 4.39 Å². The van der Waals surface area contributed by atoms with Crippen molar-refractivity contribution in [3.8, 4) is 16.9 Å². The molecule has 1 aromatic carbocycles. The van der Waals surface area contributed by atoms with Crippen molar-refractivity contribution in [2.45, 2.75) is 0 Å². The lowest BCUT2D eigenvalue weighted by Crippen LogP contribution is -1.86. The fourth-order valence-electron chi connectivity index (χ4n) is 1.18. The molecule has 0 unspecified atom stereocenters. The first-order chi connectivity index (χ1) is 6.70. The van der Waals surface area contributed by atoms with E-state index in [9.17, 15) is 9.50 Å². The van der Waals surface area contributed by atoms with Crippen LogP contribution in [-0.2, 0) is 0 Å². The maximum Gasteiger partial charge on any atom is 0.230 e. The van der Waals surface area contributed by atoms with E-state index in [-0.39, 0.29) is 11.4 Å². The van der Waals surface area contributed by atoms with Crippen molar-refractivity contribution in [1.82, 2.24) is 5.16 Å². The zero-order valence-corrected chi connectivity index (χ0v) is 7.07. The van der Waals surface area contributed by atoms with Gasteiger partial charge in [-0.1, -0.05) is 17.3 Å². The van der Waals surface area contributed by atoms with Gasteiger partial charge in [0.1, 0.15) is 0 Å². The molecule has 0 aliphatic carbocycles. The second-order valence-electron chi connectivity index (χ2n) is 2.74. The lowest BCUT2D eigenvalue weighted by atomic mass is 10.1. The smallest absolute Gasteiger partial charge is 0.230 e. The van der Waals surface area contributed by atoms with Gasteiger partial charge in [0.05, 0.1) is 11.8 Å². The zero-order chi connectivity index (χ0) is 10.1. The van der Waals surface area contributed by atoms with E-state index in [2.05, 4.69) is 9.68 Å². The second kappa shape index (κ2) is 3.02. The highest BCUT2D eigenvalue weighted by molar-refractivity contribution is 5.76. The van der Waals surface area contributed by atoms with Crippen LogP contribution in [0.5, 0.6) is 5.75 Å². The Labute approximate surface area is 78.8 Å². The number of halogens is 1. The summed E-state index contributed by atoms with van der Waals surface area (Å²) < 4.78 is 17.6. The topological polar surface area (TPSA) is 72.3 Å². The number of nitrogen functional groups attached to an aromatic ring is 1. The van der Waals surface area contributed by atoms with Gasteiger partial charge in [-0.3, -0.25) is 0 Å². The number of para-hydroxylation sites is 1. The predicted octanol–water partition coefficient (Wildman–Crippen LogP) is 1.77. The van der Waals surface area contributed by atoms with Gasteiger partial charge in [0, 0.05) is 5.56 Å². The molecule has 0 fully saturated rings. The van der Waals surface area contributed by atoms with Crippen LogP contribution in [0.2, 0.25) is 0 Å². The molecule has 0 spiro atoms. The lowest BCUT2D eigenvalue weighted by molar-refractivity contribution is 0.433. The van der Waals surface area contributed by atoms with E-state index in [0.29, 0.717) is 5.56 Å². The second-order valence-corrected chi connectivity index (χ2v) is 2.74. The molecule has 0 radical (unpaired) electrons. The first-order valence-corrected chi connectivity index (χ1v) is 3.88. The maximum absolute atomic E-state index is 13.0. The maximum atomic E-state index is 13.0. The number of phenolic OH excluding ortho intramolecular Hbond substituents is 1. The summed E-state index contributed by atoms with van der Waals surface area (Å²) in [7, 11) is 0. The summed E-state index contributed by atoms with van der Waals surface area (Å²) >= 11 is 0. The SMILES string of the molecule is Nc1oncc1-c1cccc(F)c1O. The average Bonchev–Trinajstić information content (AvgIpc) is 2.57.